The fourth-order valence-electron chi connectivity index (χ4n) is 2.93. The predicted molar refractivity (Wildman–Crippen MR) is 119 cm³/mol. The highest BCUT2D eigenvalue weighted by atomic mass is 16.4. The number of carbonyl (C=O) groups excluding carboxylic acids is 2. The molecule has 0 radical (unpaired) electrons. The van der Waals surface area contributed by atoms with Gasteiger partial charge in [-0.2, -0.15) is 0 Å². The van der Waals surface area contributed by atoms with E-state index in [1.165, 1.54) is 0 Å². The molecule has 1 amide bonds. The third-order valence-electron chi connectivity index (χ3n) is 5.22. The van der Waals surface area contributed by atoms with E-state index in [4.69, 9.17) is 21.7 Å². The minimum Gasteiger partial charge on any atom is -0.394 e. The molecule has 0 spiro atoms. The van der Waals surface area contributed by atoms with Gasteiger partial charge < -0.3 is 67.8 Å². The minimum atomic E-state index is -1.93. The molecule has 1 rings (SSSR count). The van der Waals surface area contributed by atoms with E-state index in [9.17, 15) is 50.4 Å². The molecule has 1 aromatic rings. The Hall–Kier alpha value is -2.58. The van der Waals surface area contributed by atoms with E-state index in [-0.39, 0.29) is 0 Å². The Labute approximate surface area is 204 Å². The van der Waals surface area contributed by atoms with Crippen LogP contribution in [0, 0.1) is 0 Å². The largest absolute Gasteiger partial charge is 0.394 e. The van der Waals surface area contributed by atoms with E-state index >= 15 is 0 Å². The fourth-order valence-corrected chi connectivity index (χ4v) is 2.93. The van der Waals surface area contributed by atoms with E-state index in [1.54, 1.807) is 0 Å². The van der Waals surface area contributed by atoms with Crippen LogP contribution in [0.4, 0.5) is 11.6 Å². The maximum Gasteiger partial charge on any atom is 0.273 e. The van der Waals surface area contributed by atoms with Gasteiger partial charge in [-0.25, -0.2) is 9.97 Å². The van der Waals surface area contributed by atoms with Crippen molar-refractivity contribution in [2.45, 2.75) is 61.7 Å². The van der Waals surface area contributed by atoms with E-state index in [0.29, 0.717) is 0 Å². The van der Waals surface area contributed by atoms with E-state index in [1.807, 2.05) is 0 Å². The summed E-state index contributed by atoms with van der Waals surface area (Å²) in [5.74, 6) is -2.88. The van der Waals surface area contributed by atoms with Crippen LogP contribution in [0.15, 0.2) is 0 Å². The van der Waals surface area contributed by atoms with Gasteiger partial charge in [0.05, 0.1) is 25.4 Å². The number of aromatic nitrogens is 2. The van der Waals surface area contributed by atoms with Crippen molar-refractivity contribution >= 4 is 23.3 Å². The lowest BCUT2D eigenvalue weighted by atomic mass is 9.98. The summed E-state index contributed by atoms with van der Waals surface area (Å²) < 4.78 is 0. The number of ketones is 1. The molecule has 0 bridgehead atoms. The van der Waals surface area contributed by atoms with Gasteiger partial charge >= 0.3 is 0 Å². The first kappa shape index (κ1) is 31.4. The van der Waals surface area contributed by atoms with E-state index < -0.39 is 116 Å². The zero-order valence-corrected chi connectivity index (χ0v) is 19.0. The maximum absolute atomic E-state index is 12.4. The second kappa shape index (κ2) is 14.2. The first-order valence-electron chi connectivity index (χ1n) is 10.7. The lowest BCUT2D eigenvalue weighted by Gasteiger charge is -2.25. The normalized spacial score (nSPS) is 18.4. The summed E-state index contributed by atoms with van der Waals surface area (Å²) in [5, 5.41) is 96.8. The van der Waals surface area contributed by atoms with Crippen molar-refractivity contribution in [1.29, 1.82) is 0 Å². The summed E-state index contributed by atoms with van der Waals surface area (Å²) in [6.07, 6.45) is -15.3. The number of Topliss-reactive ketones (excluding diaryl/α,β-unsaturated/α-hetero) is 1. The molecule has 0 aliphatic heterocycles. The Kier molecular flexibility index (Phi) is 12.4. The van der Waals surface area contributed by atoms with Gasteiger partial charge in [0, 0.05) is 13.0 Å². The molecule has 17 nitrogen and oxygen atoms in total. The number of aliphatic hydroxyl groups is 10. The molecule has 0 unspecified atom stereocenters. The maximum atomic E-state index is 12.4. The molecule has 1 aromatic heterocycles. The molecule has 0 saturated heterocycles. The van der Waals surface area contributed by atoms with Crippen LogP contribution in [0.2, 0.25) is 0 Å². The van der Waals surface area contributed by atoms with Crippen molar-refractivity contribution in [2.24, 2.45) is 0 Å². The lowest BCUT2D eigenvalue weighted by molar-refractivity contribution is -0.116. The van der Waals surface area contributed by atoms with Crippen LogP contribution in [-0.2, 0) is 0 Å². The molecule has 0 fully saturated rings. The van der Waals surface area contributed by atoms with Crippen LogP contribution >= 0.6 is 0 Å². The lowest BCUT2D eigenvalue weighted by Crippen LogP contribution is -2.49. The Bertz CT molecular complexity index is 808. The van der Waals surface area contributed by atoms with Crippen LogP contribution in [-0.4, -0.2) is 141 Å². The van der Waals surface area contributed by atoms with Crippen LogP contribution in [0.25, 0.3) is 0 Å². The summed E-state index contributed by atoms with van der Waals surface area (Å²) in [7, 11) is 0. The van der Waals surface area contributed by atoms with Crippen LogP contribution < -0.4 is 16.8 Å². The fraction of sp³-hybridized carbons (Fsp3) is 0.684. The van der Waals surface area contributed by atoms with Crippen LogP contribution in [0.3, 0.4) is 0 Å². The first-order valence-corrected chi connectivity index (χ1v) is 10.7. The molecule has 0 saturated carbocycles. The Morgan fingerprint density at radius 2 is 1.11 bits per heavy atom. The summed E-state index contributed by atoms with van der Waals surface area (Å²) in [6, 6.07) is 0. The van der Waals surface area contributed by atoms with Gasteiger partial charge in [-0.1, -0.05) is 0 Å². The zero-order chi connectivity index (χ0) is 27.7. The number of amides is 1. The Morgan fingerprint density at radius 3 is 1.61 bits per heavy atom. The molecule has 0 aliphatic rings. The highest BCUT2D eigenvalue weighted by Gasteiger charge is 2.32. The van der Waals surface area contributed by atoms with Gasteiger partial charge in [0.1, 0.15) is 36.6 Å². The zero-order valence-electron chi connectivity index (χ0n) is 19.0. The number of nitrogens with one attached hydrogen (secondary N) is 1. The summed E-state index contributed by atoms with van der Waals surface area (Å²) in [5.41, 5.74) is 10.3. The highest BCUT2D eigenvalue weighted by molar-refractivity contribution is 6.01. The average Bonchev–Trinajstić information content (AvgIpc) is 2.87. The molecule has 17 heteroatoms. The quantitative estimate of drug-likeness (QED) is 0.0949. The van der Waals surface area contributed by atoms with E-state index in [0.717, 1.165) is 0 Å². The monoisotopic (exact) mass is 523 g/mol. The molecule has 0 aromatic carbocycles. The third kappa shape index (κ3) is 8.23. The van der Waals surface area contributed by atoms with Gasteiger partial charge in [-0.3, -0.25) is 9.59 Å². The molecule has 0 aliphatic carbocycles. The number of nitrogens with two attached hydrogens (primary N) is 2. The topological polar surface area (TPSA) is 326 Å². The number of anilines is 2. The highest BCUT2D eigenvalue weighted by Crippen LogP contribution is 2.18. The summed E-state index contributed by atoms with van der Waals surface area (Å²) in [6.45, 7) is -2.40. The van der Waals surface area contributed by atoms with Crippen molar-refractivity contribution in [3.8, 4) is 0 Å². The van der Waals surface area contributed by atoms with E-state index in [2.05, 4.69) is 15.3 Å². The van der Waals surface area contributed by atoms with Gasteiger partial charge in [0.2, 0.25) is 0 Å². The number of rotatable bonds is 15. The number of hydrogen-bond donors (Lipinski definition) is 13. The second-order valence-electron chi connectivity index (χ2n) is 7.96. The van der Waals surface area contributed by atoms with Gasteiger partial charge in [-0.15, -0.1) is 0 Å². The van der Waals surface area contributed by atoms with Crippen molar-refractivity contribution < 1.29 is 60.7 Å². The Balaban J connectivity index is 2.79. The number of nitrogen functional groups attached to an aromatic ring is 2. The van der Waals surface area contributed by atoms with Crippen molar-refractivity contribution in [2.75, 3.05) is 31.2 Å². The van der Waals surface area contributed by atoms with Crippen LogP contribution in [0.1, 0.15) is 33.8 Å². The summed E-state index contributed by atoms with van der Waals surface area (Å²) >= 11 is 0. The molecule has 1 heterocycles. The second-order valence-corrected chi connectivity index (χ2v) is 7.96. The first-order chi connectivity index (χ1) is 16.8. The predicted octanol–water partition coefficient (Wildman–Crippen LogP) is -6.79. The van der Waals surface area contributed by atoms with Crippen molar-refractivity contribution in [3.05, 3.63) is 11.4 Å². The molecule has 15 N–H and O–H groups in total. The van der Waals surface area contributed by atoms with Crippen molar-refractivity contribution in [3.63, 3.8) is 0 Å². The SMILES string of the molecule is Nc1nc(C(=O)NC[C@@H](O)[C@H](O)[C@@H](O)[C@@H](O)CO)c(N)nc1C(=O)CC[C@@H](O)[C@H](O)[C@@H](O)[C@@H](O)CO. The van der Waals surface area contributed by atoms with Gasteiger partial charge in [0.15, 0.2) is 28.8 Å². The van der Waals surface area contributed by atoms with Gasteiger partial charge in [-0.05, 0) is 6.42 Å². The standard InChI is InChI=1S/C19H33N5O12/c20-17-11(6(27)1-2-7(28)13(32)15(34)9(30)4-25)23-18(21)12(24-17)19(36)22-3-8(29)14(33)16(35)10(31)5-26/h7-10,13-16,25-26,28-35H,1-5H2,(H2,20,24)(H2,21,23)(H,22,36)/t7-,8-,9+,10+,13+,14+,15+,16+/m1/s1. The molecule has 206 valence electrons. The average molecular weight is 523 g/mol. The molecular weight excluding hydrogens is 490 g/mol. The smallest absolute Gasteiger partial charge is 0.273 e. The number of carbonyl (C=O) groups is 2. The number of aliphatic hydroxyl groups excluding tert-OH is 10. The number of nitrogens with zero attached hydrogens (tertiary/aromatic N) is 2. The molecule has 8 atom stereocenters. The summed E-state index contributed by atoms with van der Waals surface area (Å²) in [4.78, 5) is 32.1. The van der Waals surface area contributed by atoms with Gasteiger partial charge in [0.25, 0.3) is 5.91 Å². The third-order valence-corrected chi connectivity index (χ3v) is 5.22. The van der Waals surface area contributed by atoms with Crippen LogP contribution in [0.5, 0.6) is 0 Å². The molecular formula is C19H33N5O12. The minimum absolute atomic E-state index is 0.407. The van der Waals surface area contributed by atoms with Crippen molar-refractivity contribution in [1.82, 2.24) is 15.3 Å². The Morgan fingerprint density at radius 1 is 0.694 bits per heavy atom. The molecule has 36 heavy (non-hydrogen) atoms. The number of hydrogen-bond acceptors (Lipinski definition) is 16.